The second-order valence-electron chi connectivity index (χ2n) is 6.92. The van der Waals surface area contributed by atoms with Crippen LogP contribution in [0.1, 0.15) is 32.6 Å². The average molecular weight is 339 g/mol. The number of carbonyl (C=O) groups is 1. The van der Waals surface area contributed by atoms with E-state index >= 15 is 0 Å². The van der Waals surface area contributed by atoms with Crippen molar-refractivity contribution in [2.24, 2.45) is 5.10 Å². The van der Waals surface area contributed by atoms with Gasteiger partial charge in [0.05, 0.1) is 0 Å². The molecule has 0 saturated carbocycles. The van der Waals surface area contributed by atoms with Crippen LogP contribution in [0.4, 0.5) is 0 Å². The van der Waals surface area contributed by atoms with E-state index in [0.717, 1.165) is 38.5 Å². The van der Waals surface area contributed by atoms with Crippen molar-refractivity contribution in [3.05, 3.63) is 0 Å². The molecule has 0 bridgehead atoms. The maximum atomic E-state index is 12.4. The molecule has 7 nitrogen and oxygen atoms in total. The fraction of sp³-hybridized carbons (Fsp3) is 0.882. The van der Waals surface area contributed by atoms with Crippen LogP contribution in [0.3, 0.4) is 0 Å². The summed E-state index contributed by atoms with van der Waals surface area (Å²) < 4.78 is 0. The molecule has 2 rings (SSSR count). The SMILES string of the molecule is CCN/N=C(\CNC)C(=O)NC1CCN(C2CCN(C)CC2)CC1. The van der Waals surface area contributed by atoms with E-state index in [1.54, 1.807) is 0 Å². The molecule has 138 valence electrons. The van der Waals surface area contributed by atoms with E-state index in [4.69, 9.17) is 0 Å². The van der Waals surface area contributed by atoms with E-state index in [1.807, 2.05) is 14.0 Å². The van der Waals surface area contributed by atoms with Crippen molar-refractivity contribution in [1.82, 2.24) is 25.9 Å². The number of piperidine rings is 2. The molecule has 0 radical (unpaired) electrons. The van der Waals surface area contributed by atoms with Gasteiger partial charge in [-0.15, -0.1) is 0 Å². The molecule has 0 spiro atoms. The second kappa shape index (κ2) is 9.96. The standard InChI is InChI=1S/C17H34N6O/c1-4-19-21-16(13-18-2)17(24)20-14-5-11-23(12-6-14)15-7-9-22(3)10-8-15/h14-15,18-19H,4-13H2,1-3H3,(H,20,24)/b21-16+. The lowest BCUT2D eigenvalue weighted by Gasteiger charge is -2.41. The van der Waals surface area contributed by atoms with Crippen LogP contribution in [-0.4, -0.2) is 86.9 Å². The summed E-state index contributed by atoms with van der Waals surface area (Å²) in [5, 5.41) is 10.3. The number of carbonyl (C=O) groups excluding carboxylic acids is 1. The Morgan fingerprint density at radius 2 is 1.79 bits per heavy atom. The number of hydrazone groups is 1. The number of nitrogens with one attached hydrogen (secondary N) is 3. The maximum Gasteiger partial charge on any atom is 0.269 e. The molecule has 0 aromatic carbocycles. The van der Waals surface area contributed by atoms with E-state index in [-0.39, 0.29) is 11.9 Å². The molecule has 2 saturated heterocycles. The number of rotatable bonds is 7. The van der Waals surface area contributed by atoms with Crippen LogP contribution in [0, 0.1) is 0 Å². The topological polar surface area (TPSA) is 72.0 Å². The van der Waals surface area contributed by atoms with Crippen molar-refractivity contribution in [3.8, 4) is 0 Å². The number of likely N-dealkylation sites (tertiary alicyclic amines) is 2. The fourth-order valence-corrected chi connectivity index (χ4v) is 3.55. The van der Waals surface area contributed by atoms with Crippen molar-refractivity contribution in [2.45, 2.75) is 44.7 Å². The van der Waals surface area contributed by atoms with Crippen LogP contribution >= 0.6 is 0 Å². The van der Waals surface area contributed by atoms with E-state index in [0.29, 0.717) is 12.3 Å². The summed E-state index contributed by atoms with van der Waals surface area (Å²) >= 11 is 0. The molecule has 1 amide bonds. The lowest BCUT2D eigenvalue weighted by molar-refractivity contribution is -0.115. The molecule has 3 N–H and O–H groups in total. The molecule has 7 heteroatoms. The summed E-state index contributed by atoms with van der Waals surface area (Å²) in [5.74, 6) is -0.0527. The van der Waals surface area contributed by atoms with Crippen molar-refractivity contribution < 1.29 is 4.79 Å². The van der Waals surface area contributed by atoms with Crippen LogP contribution < -0.4 is 16.1 Å². The summed E-state index contributed by atoms with van der Waals surface area (Å²) in [6.45, 7) is 7.75. The average Bonchev–Trinajstić information content (AvgIpc) is 2.60. The summed E-state index contributed by atoms with van der Waals surface area (Å²) in [5.41, 5.74) is 3.40. The third-order valence-electron chi connectivity index (χ3n) is 5.05. The van der Waals surface area contributed by atoms with Crippen molar-refractivity contribution >= 4 is 11.6 Å². The van der Waals surface area contributed by atoms with Gasteiger partial charge >= 0.3 is 0 Å². The highest BCUT2D eigenvalue weighted by atomic mass is 16.2. The molecule has 0 unspecified atom stereocenters. The van der Waals surface area contributed by atoms with Gasteiger partial charge in [-0.1, -0.05) is 0 Å². The first-order valence-corrected chi connectivity index (χ1v) is 9.31. The summed E-state index contributed by atoms with van der Waals surface area (Å²) in [7, 11) is 4.03. The highest BCUT2D eigenvalue weighted by Crippen LogP contribution is 2.20. The van der Waals surface area contributed by atoms with Gasteiger partial charge < -0.3 is 25.9 Å². The van der Waals surface area contributed by atoms with E-state index in [2.05, 4.69) is 38.0 Å². The highest BCUT2D eigenvalue weighted by Gasteiger charge is 2.28. The summed E-state index contributed by atoms with van der Waals surface area (Å²) in [6.07, 6.45) is 4.61. The van der Waals surface area contributed by atoms with Gasteiger partial charge in [-0.25, -0.2) is 0 Å². The molecule has 0 aromatic heterocycles. The summed E-state index contributed by atoms with van der Waals surface area (Å²) in [4.78, 5) is 17.4. The molecular formula is C17H34N6O. The first-order chi connectivity index (χ1) is 11.6. The Bertz CT molecular complexity index is 411. The minimum Gasteiger partial charge on any atom is -0.348 e. The van der Waals surface area contributed by atoms with E-state index in [1.165, 1.54) is 25.9 Å². The minimum absolute atomic E-state index is 0.0527. The van der Waals surface area contributed by atoms with E-state index < -0.39 is 0 Å². The molecule has 2 aliphatic rings. The zero-order valence-electron chi connectivity index (χ0n) is 15.5. The van der Waals surface area contributed by atoms with Gasteiger partial charge in [-0.2, -0.15) is 5.10 Å². The van der Waals surface area contributed by atoms with Crippen molar-refractivity contribution in [1.29, 1.82) is 0 Å². The maximum absolute atomic E-state index is 12.4. The van der Waals surface area contributed by atoms with Gasteiger partial charge in [0.1, 0.15) is 5.71 Å². The first-order valence-electron chi connectivity index (χ1n) is 9.31. The van der Waals surface area contributed by atoms with Gasteiger partial charge in [0.15, 0.2) is 0 Å². The minimum atomic E-state index is -0.0527. The van der Waals surface area contributed by atoms with E-state index in [9.17, 15) is 4.79 Å². The lowest BCUT2D eigenvalue weighted by Crippen LogP contribution is -2.52. The van der Waals surface area contributed by atoms with Crippen LogP contribution in [0.2, 0.25) is 0 Å². The van der Waals surface area contributed by atoms with Crippen LogP contribution in [0.25, 0.3) is 0 Å². The molecular weight excluding hydrogens is 304 g/mol. The number of hydrogen-bond donors (Lipinski definition) is 3. The number of hydrogen-bond acceptors (Lipinski definition) is 6. The largest absolute Gasteiger partial charge is 0.348 e. The summed E-state index contributed by atoms with van der Waals surface area (Å²) in [6, 6.07) is 0.997. The van der Waals surface area contributed by atoms with Crippen LogP contribution in [-0.2, 0) is 4.79 Å². The van der Waals surface area contributed by atoms with Crippen LogP contribution in [0.5, 0.6) is 0 Å². The Hall–Kier alpha value is -1.18. The smallest absolute Gasteiger partial charge is 0.269 e. The molecule has 0 aliphatic carbocycles. The van der Waals surface area contributed by atoms with Crippen molar-refractivity contribution in [3.63, 3.8) is 0 Å². The second-order valence-corrected chi connectivity index (χ2v) is 6.92. The molecule has 2 fully saturated rings. The van der Waals surface area contributed by atoms with Gasteiger partial charge in [0, 0.05) is 38.3 Å². The molecule has 0 atom stereocenters. The predicted octanol–water partition coefficient (Wildman–Crippen LogP) is -0.154. The molecule has 2 heterocycles. The Balaban J connectivity index is 1.76. The Labute approximate surface area is 146 Å². The van der Waals surface area contributed by atoms with Crippen LogP contribution in [0.15, 0.2) is 5.10 Å². The zero-order chi connectivity index (χ0) is 17.4. The zero-order valence-corrected chi connectivity index (χ0v) is 15.5. The Morgan fingerprint density at radius 1 is 1.12 bits per heavy atom. The lowest BCUT2D eigenvalue weighted by atomic mass is 9.98. The quantitative estimate of drug-likeness (QED) is 0.445. The van der Waals surface area contributed by atoms with Crippen molar-refractivity contribution in [2.75, 3.05) is 53.4 Å². The van der Waals surface area contributed by atoms with Gasteiger partial charge in [0.25, 0.3) is 5.91 Å². The molecule has 0 aromatic rings. The monoisotopic (exact) mass is 338 g/mol. The highest BCUT2D eigenvalue weighted by molar-refractivity contribution is 6.39. The number of nitrogens with zero attached hydrogens (tertiary/aromatic N) is 3. The Kier molecular flexibility index (Phi) is 7.94. The third kappa shape index (κ3) is 5.72. The third-order valence-corrected chi connectivity index (χ3v) is 5.05. The fourth-order valence-electron chi connectivity index (χ4n) is 3.55. The Morgan fingerprint density at radius 3 is 2.38 bits per heavy atom. The first kappa shape index (κ1) is 19.1. The van der Waals surface area contributed by atoms with Gasteiger partial charge in [-0.3, -0.25) is 4.79 Å². The molecule has 2 aliphatic heterocycles. The van der Waals surface area contributed by atoms with Gasteiger partial charge in [0.2, 0.25) is 0 Å². The molecule has 24 heavy (non-hydrogen) atoms. The predicted molar refractivity (Wildman–Crippen MR) is 98.3 cm³/mol. The van der Waals surface area contributed by atoms with Gasteiger partial charge in [-0.05, 0) is 59.8 Å². The normalized spacial score (nSPS) is 22.5. The number of amides is 1.